The van der Waals surface area contributed by atoms with Gasteiger partial charge < -0.3 is 20.3 Å². The van der Waals surface area contributed by atoms with Gasteiger partial charge in [-0.25, -0.2) is 0 Å². The Kier molecular flexibility index (Phi) is 4.93. The fourth-order valence-corrected chi connectivity index (χ4v) is 5.99. The van der Waals surface area contributed by atoms with Crippen molar-refractivity contribution in [2.45, 2.75) is 69.1 Å². The largest absolute Gasteiger partial charge is 0.369 e. The first-order valence-corrected chi connectivity index (χ1v) is 11.5. The second-order valence-corrected chi connectivity index (χ2v) is 9.76. The molecule has 1 aromatic heterocycles. The van der Waals surface area contributed by atoms with Crippen molar-refractivity contribution in [2.24, 2.45) is 0 Å². The number of carbonyl (C=O) groups excluding carboxylic acids is 2. The van der Waals surface area contributed by atoms with E-state index in [9.17, 15) is 9.59 Å². The molecule has 7 heteroatoms. The van der Waals surface area contributed by atoms with Gasteiger partial charge in [-0.2, -0.15) is 0 Å². The van der Waals surface area contributed by atoms with Crippen LogP contribution in [-0.2, 0) is 21.6 Å². The Hall–Kier alpha value is -1.44. The van der Waals surface area contributed by atoms with Gasteiger partial charge in [-0.3, -0.25) is 9.59 Å². The van der Waals surface area contributed by atoms with Crippen molar-refractivity contribution in [2.75, 3.05) is 26.2 Å². The average molecular weight is 404 g/mol. The Morgan fingerprint density at radius 3 is 2.68 bits per heavy atom. The van der Waals surface area contributed by atoms with Crippen LogP contribution in [0.15, 0.2) is 6.07 Å². The SMILES string of the molecule is O=C(CNC(=O)c1cc2c(s1)C1(CCN(C3CCC3)CC1)OCC2)NC1CC1. The molecule has 1 saturated heterocycles. The lowest BCUT2D eigenvalue weighted by atomic mass is 9.82. The van der Waals surface area contributed by atoms with Crippen LogP contribution in [0.3, 0.4) is 0 Å². The summed E-state index contributed by atoms with van der Waals surface area (Å²) in [5, 5.41) is 5.68. The number of hydrogen-bond acceptors (Lipinski definition) is 5. The second-order valence-electron chi connectivity index (χ2n) is 8.70. The number of likely N-dealkylation sites (tertiary alicyclic amines) is 1. The maximum Gasteiger partial charge on any atom is 0.261 e. The van der Waals surface area contributed by atoms with Crippen molar-refractivity contribution in [1.29, 1.82) is 0 Å². The van der Waals surface area contributed by atoms with Crippen LogP contribution in [0.2, 0.25) is 0 Å². The van der Waals surface area contributed by atoms with Crippen LogP contribution < -0.4 is 10.6 Å². The topological polar surface area (TPSA) is 70.7 Å². The molecule has 0 unspecified atom stereocenters. The Labute approximate surface area is 170 Å². The Morgan fingerprint density at radius 1 is 1.21 bits per heavy atom. The third-order valence-electron chi connectivity index (χ3n) is 6.75. The number of hydrogen-bond donors (Lipinski definition) is 2. The molecular weight excluding hydrogens is 374 g/mol. The summed E-state index contributed by atoms with van der Waals surface area (Å²) in [6.45, 7) is 2.96. The summed E-state index contributed by atoms with van der Waals surface area (Å²) in [7, 11) is 0. The number of rotatable bonds is 5. The molecular formula is C21H29N3O3S. The van der Waals surface area contributed by atoms with Gasteiger partial charge in [0.15, 0.2) is 0 Å². The van der Waals surface area contributed by atoms with Crippen LogP contribution in [0.4, 0.5) is 0 Å². The summed E-state index contributed by atoms with van der Waals surface area (Å²) >= 11 is 1.57. The highest BCUT2D eigenvalue weighted by molar-refractivity contribution is 7.14. The molecule has 3 fully saturated rings. The molecule has 2 aliphatic heterocycles. The summed E-state index contributed by atoms with van der Waals surface area (Å²) < 4.78 is 6.34. The van der Waals surface area contributed by atoms with Gasteiger partial charge in [0, 0.05) is 30.1 Å². The van der Waals surface area contributed by atoms with E-state index in [1.54, 1.807) is 11.3 Å². The van der Waals surface area contributed by atoms with Crippen LogP contribution in [0.1, 0.15) is 65.1 Å². The van der Waals surface area contributed by atoms with Crippen LogP contribution in [-0.4, -0.2) is 55.0 Å². The number of piperidine rings is 1. The molecule has 1 aromatic rings. The molecule has 2 amide bonds. The fourth-order valence-electron chi connectivity index (χ4n) is 4.66. The molecule has 2 aliphatic carbocycles. The molecule has 2 saturated carbocycles. The minimum absolute atomic E-state index is 0.0515. The molecule has 0 bridgehead atoms. The molecule has 0 radical (unpaired) electrons. The molecule has 0 atom stereocenters. The van der Waals surface area contributed by atoms with E-state index in [1.165, 1.54) is 29.7 Å². The highest BCUT2D eigenvalue weighted by Gasteiger charge is 2.44. The van der Waals surface area contributed by atoms with Gasteiger partial charge in [0.2, 0.25) is 5.91 Å². The van der Waals surface area contributed by atoms with Gasteiger partial charge in [-0.15, -0.1) is 11.3 Å². The molecule has 1 spiro atoms. The lowest BCUT2D eigenvalue weighted by molar-refractivity contribution is -0.120. The van der Waals surface area contributed by atoms with E-state index < -0.39 is 0 Å². The molecule has 6 nitrogen and oxygen atoms in total. The first-order chi connectivity index (χ1) is 13.6. The van der Waals surface area contributed by atoms with Gasteiger partial charge in [0.05, 0.1) is 18.0 Å². The average Bonchev–Trinajstić information content (AvgIpc) is 3.34. The zero-order chi connectivity index (χ0) is 19.1. The molecule has 4 aliphatic rings. The van der Waals surface area contributed by atoms with Gasteiger partial charge >= 0.3 is 0 Å². The molecule has 0 aromatic carbocycles. The van der Waals surface area contributed by atoms with Gasteiger partial charge in [0.1, 0.15) is 5.60 Å². The van der Waals surface area contributed by atoms with E-state index in [2.05, 4.69) is 15.5 Å². The first-order valence-electron chi connectivity index (χ1n) is 10.7. The number of nitrogens with zero attached hydrogens (tertiary/aromatic N) is 1. The highest BCUT2D eigenvalue weighted by atomic mass is 32.1. The third-order valence-corrected chi connectivity index (χ3v) is 8.11. The van der Waals surface area contributed by atoms with Crippen molar-refractivity contribution in [1.82, 2.24) is 15.5 Å². The van der Waals surface area contributed by atoms with E-state index in [0.29, 0.717) is 10.9 Å². The van der Waals surface area contributed by atoms with Gasteiger partial charge in [-0.05, 0) is 56.6 Å². The zero-order valence-corrected chi connectivity index (χ0v) is 17.1. The smallest absolute Gasteiger partial charge is 0.261 e. The van der Waals surface area contributed by atoms with E-state index in [1.807, 2.05) is 6.07 Å². The van der Waals surface area contributed by atoms with Crippen molar-refractivity contribution in [3.8, 4) is 0 Å². The van der Waals surface area contributed by atoms with Crippen LogP contribution in [0, 0.1) is 0 Å². The Morgan fingerprint density at radius 2 is 2.00 bits per heavy atom. The lowest BCUT2D eigenvalue weighted by Crippen LogP contribution is -2.50. The molecule has 5 rings (SSSR count). The van der Waals surface area contributed by atoms with Gasteiger partial charge in [-0.1, -0.05) is 6.42 Å². The number of nitrogens with one attached hydrogen (secondary N) is 2. The predicted octanol–water partition coefficient (Wildman–Crippen LogP) is 2.17. The number of ether oxygens (including phenoxy) is 1. The van der Waals surface area contributed by atoms with Crippen LogP contribution >= 0.6 is 11.3 Å². The minimum atomic E-state index is -0.208. The Balaban J connectivity index is 1.24. The maximum absolute atomic E-state index is 12.6. The second kappa shape index (κ2) is 7.43. The summed E-state index contributed by atoms with van der Waals surface area (Å²) in [5.74, 6) is -0.243. The monoisotopic (exact) mass is 403 g/mol. The molecule has 3 heterocycles. The van der Waals surface area contributed by atoms with Crippen molar-refractivity contribution in [3.05, 3.63) is 21.4 Å². The van der Waals surface area contributed by atoms with E-state index in [4.69, 9.17) is 4.74 Å². The van der Waals surface area contributed by atoms with E-state index in [0.717, 1.165) is 57.8 Å². The van der Waals surface area contributed by atoms with Crippen LogP contribution in [0.5, 0.6) is 0 Å². The quantitative estimate of drug-likeness (QED) is 0.791. The highest BCUT2D eigenvalue weighted by Crippen LogP contribution is 2.46. The molecule has 152 valence electrons. The Bertz CT molecular complexity index is 761. The van der Waals surface area contributed by atoms with E-state index >= 15 is 0 Å². The number of fused-ring (bicyclic) bond motifs is 2. The minimum Gasteiger partial charge on any atom is -0.369 e. The normalized spacial score (nSPS) is 24.4. The first kappa shape index (κ1) is 18.6. The van der Waals surface area contributed by atoms with Crippen molar-refractivity contribution in [3.63, 3.8) is 0 Å². The van der Waals surface area contributed by atoms with Crippen molar-refractivity contribution >= 4 is 23.2 Å². The summed E-state index contributed by atoms with van der Waals surface area (Å²) in [4.78, 5) is 29.0. The summed E-state index contributed by atoms with van der Waals surface area (Å²) in [5.41, 5.74) is 1.06. The fraction of sp³-hybridized carbons (Fsp3) is 0.714. The third kappa shape index (κ3) is 3.60. The number of amides is 2. The van der Waals surface area contributed by atoms with Crippen molar-refractivity contribution < 1.29 is 14.3 Å². The predicted molar refractivity (Wildman–Crippen MR) is 108 cm³/mol. The maximum atomic E-state index is 12.6. The number of thiophene rings is 1. The molecule has 2 N–H and O–H groups in total. The van der Waals surface area contributed by atoms with Crippen LogP contribution in [0.25, 0.3) is 0 Å². The number of carbonyl (C=O) groups is 2. The zero-order valence-electron chi connectivity index (χ0n) is 16.3. The lowest BCUT2D eigenvalue weighted by Gasteiger charge is -2.47. The van der Waals surface area contributed by atoms with E-state index in [-0.39, 0.29) is 24.0 Å². The van der Waals surface area contributed by atoms with Gasteiger partial charge in [0.25, 0.3) is 5.91 Å². The standard InChI is InChI=1S/C21H29N3O3S/c25-18(23-15-4-5-15)13-22-20(26)17-12-14-6-11-27-21(19(14)28-17)7-9-24(10-8-21)16-2-1-3-16/h12,15-16H,1-11,13H2,(H,22,26)(H,23,25). The molecule has 28 heavy (non-hydrogen) atoms. The summed E-state index contributed by atoms with van der Waals surface area (Å²) in [6.07, 6.45) is 9.07. The summed E-state index contributed by atoms with van der Waals surface area (Å²) in [6, 6.07) is 3.13.